The lowest BCUT2D eigenvalue weighted by Gasteiger charge is -2.27. The van der Waals surface area contributed by atoms with Crippen LogP contribution in [-0.2, 0) is 14.8 Å². The Kier molecular flexibility index (Phi) is 5.83. The molecule has 0 aromatic rings. The highest BCUT2D eigenvalue weighted by Crippen LogP contribution is 1.99. The summed E-state index contributed by atoms with van der Waals surface area (Å²) in [7, 11) is -1.65. The molecule has 0 aromatic heterocycles. The van der Waals surface area contributed by atoms with E-state index >= 15 is 0 Å². The maximum Gasteiger partial charge on any atom is 0.237 e. The number of ether oxygens (including phenoxy) is 1. The lowest BCUT2D eigenvalue weighted by atomic mass is 10.4. The van der Waals surface area contributed by atoms with Crippen molar-refractivity contribution in [2.24, 2.45) is 4.99 Å². The molecule has 0 fully saturated rings. The van der Waals surface area contributed by atoms with Crippen LogP contribution in [0.1, 0.15) is 20.3 Å². The Morgan fingerprint density at radius 2 is 2.28 bits per heavy atom. The molecule has 0 unspecified atom stereocenters. The average Bonchev–Trinajstić information content (AvgIpc) is 2.31. The van der Waals surface area contributed by atoms with Crippen LogP contribution in [-0.4, -0.2) is 58.1 Å². The first-order chi connectivity index (χ1) is 8.45. The number of nitrogens with one attached hydrogen (secondary N) is 2. The smallest absolute Gasteiger partial charge is 0.237 e. The van der Waals surface area contributed by atoms with Crippen molar-refractivity contribution >= 4 is 16.0 Å². The quantitative estimate of drug-likeness (QED) is 0.642. The second kappa shape index (κ2) is 6.91. The van der Waals surface area contributed by atoms with E-state index in [0.717, 1.165) is 13.0 Å². The molecule has 0 aromatic carbocycles. The van der Waals surface area contributed by atoms with Crippen LogP contribution >= 0.6 is 0 Å². The van der Waals surface area contributed by atoms with Crippen LogP contribution in [0, 0.1) is 0 Å². The molecule has 0 saturated heterocycles. The lowest BCUT2D eigenvalue weighted by molar-refractivity contribution is 0.169. The average molecular weight is 278 g/mol. The van der Waals surface area contributed by atoms with Crippen LogP contribution in [0.5, 0.6) is 0 Å². The van der Waals surface area contributed by atoms with Gasteiger partial charge in [0.15, 0.2) is 0 Å². The van der Waals surface area contributed by atoms with E-state index in [0.29, 0.717) is 25.9 Å². The topological polar surface area (TPSA) is 83.0 Å². The number of guanidine groups is 1. The molecule has 0 amide bonds. The first-order valence-corrected chi connectivity index (χ1v) is 7.51. The molecule has 0 aliphatic carbocycles. The van der Waals surface area contributed by atoms with E-state index in [1.54, 1.807) is 21.0 Å². The molecule has 1 heterocycles. The molecule has 1 rings (SSSR count). The molecule has 0 spiro atoms. The van der Waals surface area contributed by atoms with Crippen LogP contribution in [0.25, 0.3) is 0 Å². The van der Waals surface area contributed by atoms with Gasteiger partial charge in [0, 0.05) is 20.3 Å². The van der Waals surface area contributed by atoms with Crippen molar-refractivity contribution in [3.63, 3.8) is 0 Å². The molecule has 0 atom stereocenters. The normalized spacial score (nSPS) is 17.4. The van der Waals surface area contributed by atoms with Crippen LogP contribution in [0.3, 0.4) is 0 Å². The first-order valence-electron chi connectivity index (χ1n) is 5.97. The number of nitrogens with zero attached hydrogens (tertiary/aromatic N) is 2. The minimum atomic E-state index is -3.32. The molecule has 1 aliphatic rings. The first kappa shape index (κ1) is 15.2. The summed E-state index contributed by atoms with van der Waals surface area (Å²) in [5.41, 5.74) is 0. The van der Waals surface area contributed by atoms with E-state index in [1.165, 1.54) is 0 Å². The van der Waals surface area contributed by atoms with Gasteiger partial charge in [-0.3, -0.25) is 9.62 Å². The van der Waals surface area contributed by atoms with Gasteiger partial charge in [0.1, 0.15) is 0 Å². The summed E-state index contributed by atoms with van der Waals surface area (Å²) in [6.07, 6.45) is 0.931. The fourth-order valence-electron chi connectivity index (χ4n) is 1.37. The van der Waals surface area contributed by atoms with Gasteiger partial charge in [0.05, 0.1) is 18.6 Å². The molecule has 0 saturated carbocycles. The second-order valence-electron chi connectivity index (χ2n) is 4.42. The molecule has 0 bridgehead atoms. The Morgan fingerprint density at radius 1 is 1.56 bits per heavy atom. The summed E-state index contributed by atoms with van der Waals surface area (Å²) < 4.78 is 30.7. The highest BCUT2D eigenvalue weighted by Gasteiger charge is 2.20. The Balaban J connectivity index is 2.40. The maximum atomic E-state index is 11.6. The highest BCUT2D eigenvalue weighted by molar-refractivity contribution is 7.90. The predicted molar refractivity (Wildman–Crippen MR) is 70.7 cm³/mol. The third kappa shape index (κ3) is 4.79. The fraction of sp³-hybridized carbons (Fsp3) is 0.900. The third-order valence-electron chi connectivity index (χ3n) is 2.58. The molecular weight excluding hydrogens is 256 g/mol. The van der Waals surface area contributed by atoms with Crippen molar-refractivity contribution in [3.8, 4) is 0 Å². The SMILES string of the molecule is COCCCN1CN=C(NS(=O)(=O)C(C)C)NC1. The summed E-state index contributed by atoms with van der Waals surface area (Å²) in [6.45, 7) is 5.92. The third-order valence-corrected chi connectivity index (χ3v) is 4.30. The van der Waals surface area contributed by atoms with E-state index in [4.69, 9.17) is 4.74 Å². The van der Waals surface area contributed by atoms with Crippen molar-refractivity contribution in [2.75, 3.05) is 33.6 Å². The van der Waals surface area contributed by atoms with Gasteiger partial charge in [-0.1, -0.05) is 0 Å². The number of hydrogen-bond acceptors (Lipinski definition) is 6. The Labute approximate surface area is 109 Å². The minimum Gasteiger partial charge on any atom is -0.385 e. The van der Waals surface area contributed by atoms with E-state index in [2.05, 4.69) is 19.9 Å². The molecule has 18 heavy (non-hydrogen) atoms. The Hall–Kier alpha value is -0.860. The van der Waals surface area contributed by atoms with Crippen LogP contribution in [0.4, 0.5) is 0 Å². The standard InChI is InChI=1S/C10H22N4O3S/c1-9(2)18(15,16)13-10-11-7-14(8-12-10)5-4-6-17-3/h9H,4-8H2,1-3H3,(H2,11,12,13). The monoisotopic (exact) mass is 278 g/mol. The summed E-state index contributed by atoms with van der Waals surface area (Å²) in [4.78, 5) is 6.23. The number of methoxy groups -OCH3 is 1. The highest BCUT2D eigenvalue weighted by atomic mass is 32.2. The van der Waals surface area contributed by atoms with Crippen LogP contribution in [0.2, 0.25) is 0 Å². The van der Waals surface area contributed by atoms with Gasteiger partial charge in [-0.15, -0.1) is 0 Å². The molecule has 7 nitrogen and oxygen atoms in total. The summed E-state index contributed by atoms with van der Waals surface area (Å²) >= 11 is 0. The van der Waals surface area contributed by atoms with Crippen LogP contribution in [0.15, 0.2) is 4.99 Å². The molecular formula is C10H22N4O3S. The zero-order valence-corrected chi connectivity index (χ0v) is 12.0. The zero-order valence-electron chi connectivity index (χ0n) is 11.1. The van der Waals surface area contributed by atoms with Gasteiger partial charge in [-0.05, 0) is 20.3 Å². The number of sulfonamides is 1. The van der Waals surface area contributed by atoms with E-state index < -0.39 is 15.3 Å². The van der Waals surface area contributed by atoms with Crippen molar-refractivity contribution < 1.29 is 13.2 Å². The summed E-state index contributed by atoms with van der Waals surface area (Å²) in [5.74, 6) is 0.326. The van der Waals surface area contributed by atoms with Gasteiger partial charge in [-0.25, -0.2) is 13.4 Å². The van der Waals surface area contributed by atoms with Crippen LogP contribution < -0.4 is 10.0 Å². The van der Waals surface area contributed by atoms with E-state index in [9.17, 15) is 8.42 Å². The van der Waals surface area contributed by atoms with Crippen molar-refractivity contribution in [2.45, 2.75) is 25.5 Å². The van der Waals surface area contributed by atoms with Gasteiger partial charge in [-0.2, -0.15) is 0 Å². The van der Waals surface area contributed by atoms with E-state index in [1.807, 2.05) is 0 Å². The minimum absolute atomic E-state index is 0.326. The number of hydrogen-bond donors (Lipinski definition) is 2. The number of rotatable bonds is 6. The zero-order chi connectivity index (χ0) is 13.6. The van der Waals surface area contributed by atoms with E-state index in [-0.39, 0.29) is 0 Å². The Bertz CT molecular complexity index is 381. The molecule has 8 heteroatoms. The van der Waals surface area contributed by atoms with Crippen molar-refractivity contribution in [1.82, 2.24) is 14.9 Å². The van der Waals surface area contributed by atoms with Gasteiger partial charge < -0.3 is 10.1 Å². The molecule has 1 aliphatic heterocycles. The fourth-order valence-corrected chi connectivity index (χ4v) is 2.01. The van der Waals surface area contributed by atoms with Crippen molar-refractivity contribution in [1.29, 1.82) is 0 Å². The van der Waals surface area contributed by atoms with Gasteiger partial charge >= 0.3 is 0 Å². The summed E-state index contributed by atoms with van der Waals surface area (Å²) in [5, 5.41) is 2.48. The second-order valence-corrected chi connectivity index (χ2v) is 6.66. The molecule has 2 N–H and O–H groups in total. The largest absolute Gasteiger partial charge is 0.385 e. The van der Waals surface area contributed by atoms with Crippen molar-refractivity contribution in [3.05, 3.63) is 0 Å². The molecule has 0 radical (unpaired) electrons. The van der Waals surface area contributed by atoms with Gasteiger partial charge in [0.2, 0.25) is 16.0 Å². The predicted octanol–water partition coefficient (Wildman–Crippen LogP) is -0.473. The number of aliphatic imine (C=N–C) groups is 1. The lowest BCUT2D eigenvalue weighted by Crippen LogP contribution is -2.51. The molecule has 106 valence electrons. The van der Waals surface area contributed by atoms with Gasteiger partial charge in [0.25, 0.3) is 0 Å². The summed E-state index contributed by atoms with van der Waals surface area (Å²) in [6, 6.07) is 0. The Morgan fingerprint density at radius 3 is 2.78 bits per heavy atom. The maximum absolute atomic E-state index is 11.6.